The van der Waals surface area contributed by atoms with Crippen molar-refractivity contribution in [3.63, 3.8) is 0 Å². The van der Waals surface area contributed by atoms with Gasteiger partial charge >= 0.3 is 0 Å². The Morgan fingerprint density at radius 3 is 2.45 bits per heavy atom. The van der Waals surface area contributed by atoms with Crippen LogP contribution in [0.25, 0.3) is 11.1 Å². The molecule has 0 N–H and O–H groups in total. The highest BCUT2D eigenvalue weighted by atomic mass is 16.5. The number of hydrogen-bond donors (Lipinski definition) is 0. The quantitative estimate of drug-likeness (QED) is 0.831. The summed E-state index contributed by atoms with van der Waals surface area (Å²) in [4.78, 5) is 15.3. The second-order valence-corrected chi connectivity index (χ2v) is 5.15. The molecule has 3 heteroatoms. The fourth-order valence-corrected chi connectivity index (χ4v) is 2.02. The van der Waals surface area contributed by atoms with Crippen molar-refractivity contribution in [3.05, 3.63) is 48.3 Å². The number of ether oxygens (including phenoxy) is 1. The third-order valence-electron chi connectivity index (χ3n) is 2.83. The predicted molar refractivity (Wildman–Crippen MR) is 79.8 cm³/mol. The van der Waals surface area contributed by atoms with Gasteiger partial charge in [-0.25, -0.2) is 0 Å². The number of benzene rings is 1. The summed E-state index contributed by atoms with van der Waals surface area (Å²) in [6.45, 7) is 5.58. The van der Waals surface area contributed by atoms with E-state index in [2.05, 4.69) is 4.98 Å². The molecule has 0 aliphatic carbocycles. The minimum absolute atomic E-state index is 0.130. The van der Waals surface area contributed by atoms with Gasteiger partial charge in [0.1, 0.15) is 11.5 Å². The second-order valence-electron chi connectivity index (χ2n) is 5.15. The number of aromatic nitrogens is 1. The number of rotatable bonds is 5. The first-order chi connectivity index (χ1) is 9.54. The van der Waals surface area contributed by atoms with Gasteiger partial charge in [0.2, 0.25) is 0 Å². The molecule has 0 amide bonds. The maximum absolute atomic E-state index is 11.1. The summed E-state index contributed by atoms with van der Waals surface area (Å²) >= 11 is 0. The van der Waals surface area contributed by atoms with Crippen LogP contribution in [0.2, 0.25) is 0 Å². The average molecular weight is 269 g/mol. The first-order valence-corrected chi connectivity index (χ1v) is 6.75. The Morgan fingerprint density at radius 2 is 1.85 bits per heavy atom. The molecule has 2 aromatic rings. The van der Waals surface area contributed by atoms with Gasteiger partial charge in [0.25, 0.3) is 0 Å². The van der Waals surface area contributed by atoms with Gasteiger partial charge in [0.15, 0.2) is 0 Å². The maximum Gasteiger partial charge on any atom is 0.138 e. The second kappa shape index (κ2) is 6.33. The van der Waals surface area contributed by atoms with Crippen LogP contribution in [0.4, 0.5) is 0 Å². The fraction of sp³-hybridized carbons (Fsp3) is 0.294. The van der Waals surface area contributed by atoms with Gasteiger partial charge < -0.3 is 4.74 Å². The molecule has 0 radical (unpaired) electrons. The van der Waals surface area contributed by atoms with Crippen LogP contribution in [-0.2, 0) is 11.2 Å². The normalized spacial score (nSPS) is 10.6. The molecule has 20 heavy (non-hydrogen) atoms. The standard InChI is InChI=1S/C17H19NO2/c1-12(2)20-17-9-16(10-18-11-17)15-6-4-14(5-7-15)8-13(3)19/h4-7,9-12H,8H2,1-3H3. The van der Waals surface area contributed by atoms with E-state index in [1.165, 1.54) is 0 Å². The van der Waals surface area contributed by atoms with Gasteiger partial charge in [-0.1, -0.05) is 24.3 Å². The van der Waals surface area contributed by atoms with Crippen LogP contribution in [0.3, 0.4) is 0 Å². The van der Waals surface area contributed by atoms with E-state index in [-0.39, 0.29) is 11.9 Å². The smallest absolute Gasteiger partial charge is 0.138 e. The topological polar surface area (TPSA) is 39.2 Å². The van der Waals surface area contributed by atoms with Crippen LogP contribution < -0.4 is 4.74 Å². The van der Waals surface area contributed by atoms with Crippen LogP contribution in [0.5, 0.6) is 5.75 Å². The summed E-state index contributed by atoms with van der Waals surface area (Å²) in [6, 6.07) is 9.95. The van der Waals surface area contributed by atoms with Crippen molar-refractivity contribution in [3.8, 4) is 16.9 Å². The molecular formula is C17H19NO2. The minimum Gasteiger partial charge on any atom is -0.489 e. The van der Waals surface area contributed by atoms with E-state index < -0.39 is 0 Å². The third-order valence-corrected chi connectivity index (χ3v) is 2.83. The lowest BCUT2D eigenvalue weighted by Gasteiger charge is -2.10. The Bertz CT molecular complexity index is 588. The zero-order valence-corrected chi connectivity index (χ0v) is 12.1. The number of carbonyl (C=O) groups excluding carboxylic acids is 1. The molecule has 0 spiro atoms. The van der Waals surface area contributed by atoms with E-state index in [4.69, 9.17) is 4.74 Å². The molecule has 0 fully saturated rings. The summed E-state index contributed by atoms with van der Waals surface area (Å²) < 4.78 is 5.65. The number of nitrogens with zero attached hydrogens (tertiary/aromatic N) is 1. The predicted octanol–water partition coefficient (Wildman–Crippen LogP) is 3.67. The van der Waals surface area contributed by atoms with E-state index in [0.717, 1.165) is 22.4 Å². The van der Waals surface area contributed by atoms with Gasteiger partial charge in [-0.2, -0.15) is 0 Å². The Labute approximate surface area is 119 Å². The van der Waals surface area contributed by atoms with Gasteiger partial charge in [0.05, 0.1) is 12.3 Å². The largest absolute Gasteiger partial charge is 0.489 e. The van der Waals surface area contributed by atoms with Crippen LogP contribution in [0.15, 0.2) is 42.7 Å². The molecule has 1 aromatic heterocycles. The van der Waals surface area contributed by atoms with Crippen molar-refractivity contribution in [1.29, 1.82) is 0 Å². The minimum atomic E-state index is 0.130. The van der Waals surface area contributed by atoms with E-state index in [9.17, 15) is 4.79 Å². The SMILES string of the molecule is CC(=O)Cc1ccc(-c2cncc(OC(C)C)c2)cc1. The van der Waals surface area contributed by atoms with E-state index >= 15 is 0 Å². The van der Waals surface area contributed by atoms with Crippen molar-refractivity contribution in [2.75, 3.05) is 0 Å². The number of pyridine rings is 1. The summed E-state index contributed by atoms with van der Waals surface area (Å²) in [5.74, 6) is 0.942. The van der Waals surface area contributed by atoms with E-state index in [1.807, 2.05) is 50.4 Å². The summed E-state index contributed by atoms with van der Waals surface area (Å²) in [5.41, 5.74) is 3.11. The highest BCUT2D eigenvalue weighted by molar-refractivity contribution is 5.78. The molecule has 3 nitrogen and oxygen atoms in total. The average Bonchev–Trinajstić information content (AvgIpc) is 2.38. The third kappa shape index (κ3) is 3.92. The van der Waals surface area contributed by atoms with Gasteiger partial charge in [0, 0.05) is 18.2 Å². The molecular weight excluding hydrogens is 250 g/mol. The van der Waals surface area contributed by atoms with Crippen molar-refractivity contribution < 1.29 is 9.53 Å². The Hall–Kier alpha value is -2.16. The van der Waals surface area contributed by atoms with Crippen molar-refractivity contribution in [1.82, 2.24) is 4.98 Å². The van der Waals surface area contributed by atoms with Crippen LogP contribution in [-0.4, -0.2) is 16.9 Å². The molecule has 0 atom stereocenters. The molecule has 0 saturated heterocycles. The van der Waals surface area contributed by atoms with E-state index in [0.29, 0.717) is 6.42 Å². The Balaban J connectivity index is 2.20. The molecule has 0 unspecified atom stereocenters. The Kier molecular flexibility index (Phi) is 4.51. The fourth-order valence-electron chi connectivity index (χ4n) is 2.02. The highest BCUT2D eigenvalue weighted by Crippen LogP contribution is 2.23. The molecule has 2 rings (SSSR count). The Morgan fingerprint density at radius 1 is 1.15 bits per heavy atom. The van der Waals surface area contributed by atoms with Gasteiger partial charge in [-0.05, 0) is 38.0 Å². The zero-order valence-electron chi connectivity index (χ0n) is 12.1. The van der Waals surface area contributed by atoms with Gasteiger partial charge in [-0.3, -0.25) is 9.78 Å². The molecule has 0 aliphatic rings. The summed E-state index contributed by atoms with van der Waals surface area (Å²) in [6.07, 6.45) is 4.14. The maximum atomic E-state index is 11.1. The molecule has 104 valence electrons. The van der Waals surface area contributed by atoms with Crippen LogP contribution in [0.1, 0.15) is 26.3 Å². The summed E-state index contributed by atoms with van der Waals surface area (Å²) in [5, 5.41) is 0. The number of Topliss-reactive ketones (excluding diaryl/α,β-unsaturated/α-hetero) is 1. The first kappa shape index (κ1) is 14.3. The first-order valence-electron chi connectivity index (χ1n) is 6.75. The molecule has 1 heterocycles. The van der Waals surface area contributed by atoms with Crippen molar-refractivity contribution >= 4 is 5.78 Å². The summed E-state index contributed by atoms with van der Waals surface area (Å²) in [7, 11) is 0. The van der Waals surface area contributed by atoms with Crippen LogP contribution in [0, 0.1) is 0 Å². The molecule has 0 saturated carbocycles. The lowest BCUT2D eigenvalue weighted by Crippen LogP contribution is -2.05. The number of hydrogen-bond acceptors (Lipinski definition) is 3. The monoisotopic (exact) mass is 269 g/mol. The van der Waals surface area contributed by atoms with Gasteiger partial charge in [-0.15, -0.1) is 0 Å². The molecule has 0 bridgehead atoms. The van der Waals surface area contributed by atoms with E-state index in [1.54, 1.807) is 13.1 Å². The zero-order chi connectivity index (χ0) is 14.5. The lowest BCUT2D eigenvalue weighted by molar-refractivity contribution is -0.116. The molecule has 1 aromatic carbocycles. The van der Waals surface area contributed by atoms with Crippen LogP contribution >= 0.6 is 0 Å². The number of ketones is 1. The highest BCUT2D eigenvalue weighted by Gasteiger charge is 2.04. The van der Waals surface area contributed by atoms with Crippen molar-refractivity contribution in [2.24, 2.45) is 0 Å². The number of carbonyl (C=O) groups is 1. The van der Waals surface area contributed by atoms with Crippen molar-refractivity contribution in [2.45, 2.75) is 33.3 Å². The molecule has 0 aliphatic heterocycles. The lowest BCUT2D eigenvalue weighted by atomic mass is 10.0.